The second-order valence-corrected chi connectivity index (χ2v) is 3.68. The predicted octanol–water partition coefficient (Wildman–Crippen LogP) is 1.35. The quantitative estimate of drug-likeness (QED) is 0.785. The predicted molar refractivity (Wildman–Crippen MR) is 56.4 cm³/mol. The lowest BCUT2D eigenvalue weighted by Gasteiger charge is -2.32. The lowest BCUT2D eigenvalue weighted by Crippen LogP contribution is -2.37. The molecule has 1 aromatic heterocycles. The Balaban J connectivity index is 2.28. The van der Waals surface area contributed by atoms with Crippen molar-refractivity contribution in [2.45, 2.75) is 26.4 Å². The van der Waals surface area contributed by atoms with Crippen molar-refractivity contribution in [1.29, 1.82) is 0 Å². The number of nitrogens with zero attached hydrogens (tertiary/aromatic N) is 2. The first-order chi connectivity index (χ1) is 6.83. The summed E-state index contributed by atoms with van der Waals surface area (Å²) in [6.45, 7) is 4.40. The van der Waals surface area contributed by atoms with E-state index in [4.69, 9.17) is 5.11 Å². The smallest absolute Gasteiger partial charge is 0.129 e. The molecule has 1 saturated heterocycles. The van der Waals surface area contributed by atoms with Crippen LogP contribution in [0.3, 0.4) is 0 Å². The van der Waals surface area contributed by atoms with E-state index in [9.17, 15) is 0 Å². The molecule has 2 heterocycles. The van der Waals surface area contributed by atoms with Crippen LogP contribution in [0.4, 0.5) is 5.82 Å². The van der Waals surface area contributed by atoms with Gasteiger partial charge in [-0.15, -0.1) is 0 Å². The number of anilines is 1. The molecular formula is C11H16N2O. The normalized spacial score (nSPS) is 15.4. The van der Waals surface area contributed by atoms with Crippen LogP contribution in [0.2, 0.25) is 0 Å². The molecule has 0 radical (unpaired) electrons. The fourth-order valence-corrected chi connectivity index (χ4v) is 1.61. The molecule has 76 valence electrons. The lowest BCUT2D eigenvalue weighted by atomic mass is 10.1. The summed E-state index contributed by atoms with van der Waals surface area (Å²) in [7, 11) is 0. The van der Waals surface area contributed by atoms with E-state index < -0.39 is 0 Å². The Morgan fingerprint density at radius 2 is 2.21 bits per heavy atom. The van der Waals surface area contributed by atoms with Crippen LogP contribution in [0.1, 0.15) is 24.6 Å². The summed E-state index contributed by atoms with van der Waals surface area (Å²) in [6.07, 6.45) is 2.18. The minimum Gasteiger partial charge on any atom is -0.392 e. The van der Waals surface area contributed by atoms with Crippen LogP contribution in [-0.2, 0) is 13.0 Å². The van der Waals surface area contributed by atoms with Crippen molar-refractivity contribution in [3.8, 4) is 0 Å². The van der Waals surface area contributed by atoms with Crippen LogP contribution in [0.15, 0.2) is 12.1 Å². The molecule has 1 aromatic rings. The molecule has 0 spiro atoms. The fourth-order valence-electron chi connectivity index (χ4n) is 1.61. The largest absolute Gasteiger partial charge is 0.392 e. The summed E-state index contributed by atoms with van der Waals surface area (Å²) in [6, 6.07) is 3.96. The topological polar surface area (TPSA) is 36.4 Å². The number of aliphatic hydroxyl groups excluding tert-OH is 1. The zero-order valence-electron chi connectivity index (χ0n) is 8.53. The SMILES string of the molecule is CCc1cc(CO)cc(N2CCC2)n1. The number of rotatable bonds is 3. The fraction of sp³-hybridized carbons (Fsp3) is 0.545. The van der Waals surface area contributed by atoms with Gasteiger partial charge in [-0.2, -0.15) is 0 Å². The first-order valence-corrected chi connectivity index (χ1v) is 5.19. The minimum absolute atomic E-state index is 0.107. The van der Waals surface area contributed by atoms with Gasteiger partial charge in [0.15, 0.2) is 0 Å². The van der Waals surface area contributed by atoms with Gasteiger partial charge >= 0.3 is 0 Å². The summed E-state index contributed by atoms with van der Waals surface area (Å²) in [5.74, 6) is 1.03. The minimum atomic E-state index is 0.107. The van der Waals surface area contributed by atoms with Gasteiger partial charge in [0.05, 0.1) is 6.61 Å². The average molecular weight is 192 g/mol. The third kappa shape index (κ3) is 1.73. The van der Waals surface area contributed by atoms with Gasteiger partial charge in [0.2, 0.25) is 0 Å². The van der Waals surface area contributed by atoms with Crippen molar-refractivity contribution in [3.05, 3.63) is 23.4 Å². The molecule has 1 aliphatic rings. The van der Waals surface area contributed by atoms with Gasteiger partial charge in [-0.05, 0) is 30.5 Å². The number of aryl methyl sites for hydroxylation is 1. The Hall–Kier alpha value is -1.09. The molecule has 0 saturated carbocycles. The third-order valence-corrected chi connectivity index (χ3v) is 2.65. The highest BCUT2D eigenvalue weighted by atomic mass is 16.3. The van der Waals surface area contributed by atoms with Crippen molar-refractivity contribution < 1.29 is 5.11 Å². The van der Waals surface area contributed by atoms with Gasteiger partial charge in [0.25, 0.3) is 0 Å². The zero-order valence-corrected chi connectivity index (χ0v) is 8.53. The van der Waals surface area contributed by atoms with E-state index in [1.54, 1.807) is 0 Å². The van der Waals surface area contributed by atoms with Gasteiger partial charge in [-0.3, -0.25) is 0 Å². The van der Waals surface area contributed by atoms with Crippen LogP contribution in [-0.4, -0.2) is 23.2 Å². The molecule has 3 nitrogen and oxygen atoms in total. The highest BCUT2D eigenvalue weighted by molar-refractivity contribution is 5.44. The lowest BCUT2D eigenvalue weighted by molar-refractivity contribution is 0.281. The molecular weight excluding hydrogens is 176 g/mol. The highest BCUT2D eigenvalue weighted by Gasteiger charge is 2.16. The first-order valence-electron chi connectivity index (χ1n) is 5.19. The molecule has 1 N–H and O–H groups in total. The molecule has 3 heteroatoms. The summed E-state index contributed by atoms with van der Waals surface area (Å²) in [5.41, 5.74) is 2.04. The van der Waals surface area contributed by atoms with Crippen molar-refractivity contribution in [2.24, 2.45) is 0 Å². The third-order valence-electron chi connectivity index (χ3n) is 2.65. The summed E-state index contributed by atoms with van der Waals surface area (Å²) < 4.78 is 0. The molecule has 0 unspecified atom stereocenters. The first kappa shape index (κ1) is 9.46. The summed E-state index contributed by atoms with van der Waals surface area (Å²) in [5, 5.41) is 9.11. The van der Waals surface area contributed by atoms with E-state index in [2.05, 4.69) is 16.8 Å². The van der Waals surface area contributed by atoms with E-state index in [0.717, 1.165) is 36.6 Å². The second-order valence-electron chi connectivity index (χ2n) is 3.68. The van der Waals surface area contributed by atoms with E-state index in [1.165, 1.54) is 6.42 Å². The van der Waals surface area contributed by atoms with E-state index in [0.29, 0.717) is 0 Å². The van der Waals surface area contributed by atoms with Crippen molar-refractivity contribution in [2.75, 3.05) is 18.0 Å². The van der Waals surface area contributed by atoms with Crippen LogP contribution < -0.4 is 4.90 Å². The molecule has 0 aliphatic carbocycles. The maximum absolute atomic E-state index is 9.11. The molecule has 2 rings (SSSR count). The average Bonchev–Trinajstić information content (AvgIpc) is 2.14. The number of aliphatic hydroxyl groups is 1. The molecule has 0 atom stereocenters. The van der Waals surface area contributed by atoms with Crippen molar-refractivity contribution >= 4 is 5.82 Å². The molecule has 0 bridgehead atoms. The Morgan fingerprint density at radius 3 is 2.71 bits per heavy atom. The number of hydrogen-bond acceptors (Lipinski definition) is 3. The highest BCUT2D eigenvalue weighted by Crippen LogP contribution is 2.20. The number of hydrogen-bond donors (Lipinski definition) is 1. The Labute approximate surface area is 84.4 Å². The molecule has 14 heavy (non-hydrogen) atoms. The maximum atomic E-state index is 9.11. The number of aromatic nitrogens is 1. The molecule has 0 amide bonds. The van der Waals surface area contributed by atoms with E-state index in [1.807, 2.05) is 12.1 Å². The van der Waals surface area contributed by atoms with Gasteiger partial charge in [-0.25, -0.2) is 4.98 Å². The van der Waals surface area contributed by atoms with Gasteiger partial charge in [-0.1, -0.05) is 6.92 Å². The molecule has 1 fully saturated rings. The van der Waals surface area contributed by atoms with Crippen LogP contribution in [0.5, 0.6) is 0 Å². The van der Waals surface area contributed by atoms with Gasteiger partial charge < -0.3 is 10.0 Å². The van der Waals surface area contributed by atoms with Crippen LogP contribution in [0, 0.1) is 0 Å². The maximum Gasteiger partial charge on any atom is 0.129 e. The Morgan fingerprint density at radius 1 is 1.43 bits per heavy atom. The van der Waals surface area contributed by atoms with Crippen LogP contribution >= 0.6 is 0 Å². The summed E-state index contributed by atoms with van der Waals surface area (Å²) >= 11 is 0. The van der Waals surface area contributed by atoms with Gasteiger partial charge in [0, 0.05) is 18.8 Å². The zero-order chi connectivity index (χ0) is 9.97. The Bertz CT molecular complexity index is 299. The van der Waals surface area contributed by atoms with Crippen LogP contribution in [0.25, 0.3) is 0 Å². The molecule has 1 aliphatic heterocycles. The van der Waals surface area contributed by atoms with Crippen molar-refractivity contribution in [3.63, 3.8) is 0 Å². The number of pyridine rings is 1. The van der Waals surface area contributed by atoms with E-state index in [-0.39, 0.29) is 6.61 Å². The Kier molecular flexibility index (Phi) is 2.68. The van der Waals surface area contributed by atoms with Gasteiger partial charge in [0.1, 0.15) is 5.82 Å². The molecule has 0 aromatic carbocycles. The monoisotopic (exact) mass is 192 g/mol. The standard InChI is InChI=1S/C11H16N2O/c1-2-10-6-9(8-14)7-11(12-10)13-4-3-5-13/h6-7,14H,2-5,8H2,1H3. The second kappa shape index (κ2) is 3.96. The van der Waals surface area contributed by atoms with E-state index >= 15 is 0 Å². The summed E-state index contributed by atoms with van der Waals surface area (Å²) in [4.78, 5) is 6.78. The van der Waals surface area contributed by atoms with Crippen molar-refractivity contribution in [1.82, 2.24) is 4.98 Å².